The molecule has 0 aliphatic carbocycles. The van der Waals surface area contributed by atoms with Crippen molar-refractivity contribution >= 4 is 16.9 Å². The molecule has 0 spiro atoms. The Balaban J connectivity index is 1.32. The molecule has 2 aromatic heterocycles. The first-order valence-corrected chi connectivity index (χ1v) is 9.94. The average Bonchev–Trinajstić information content (AvgIpc) is 3.37. The van der Waals surface area contributed by atoms with Crippen LogP contribution in [0.3, 0.4) is 0 Å². The lowest BCUT2D eigenvalue weighted by molar-refractivity contribution is 0.613. The van der Waals surface area contributed by atoms with Gasteiger partial charge in [0.2, 0.25) is 0 Å². The Morgan fingerprint density at radius 2 is 2.07 bits per heavy atom. The van der Waals surface area contributed by atoms with Crippen molar-refractivity contribution in [3.63, 3.8) is 0 Å². The van der Waals surface area contributed by atoms with Crippen LogP contribution in [0.2, 0.25) is 0 Å². The largest absolute Gasteiger partial charge is 0.361 e. The van der Waals surface area contributed by atoms with Crippen LogP contribution in [0.4, 0.5) is 4.39 Å². The summed E-state index contributed by atoms with van der Waals surface area (Å²) < 4.78 is 16.3. The van der Waals surface area contributed by atoms with Crippen molar-refractivity contribution in [2.24, 2.45) is 4.99 Å². The lowest BCUT2D eigenvalue weighted by Gasteiger charge is -2.13. The van der Waals surface area contributed by atoms with Gasteiger partial charge in [-0.05, 0) is 42.7 Å². The molecule has 3 N–H and O–H groups in total. The van der Waals surface area contributed by atoms with E-state index < -0.39 is 0 Å². The van der Waals surface area contributed by atoms with Crippen molar-refractivity contribution in [1.29, 1.82) is 0 Å². The van der Waals surface area contributed by atoms with Crippen LogP contribution in [0.1, 0.15) is 17.0 Å². The van der Waals surface area contributed by atoms with Gasteiger partial charge in [-0.2, -0.15) is 0 Å². The molecule has 0 saturated carbocycles. The minimum absolute atomic E-state index is 0.280. The quantitative estimate of drug-likeness (QED) is 0.339. The number of aromatic amines is 1. The van der Waals surface area contributed by atoms with Gasteiger partial charge in [0.1, 0.15) is 11.6 Å². The maximum absolute atomic E-state index is 14.6. The highest BCUT2D eigenvalue weighted by atomic mass is 19.1. The van der Waals surface area contributed by atoms with Crippen LogP contribution >= 0.6 is 0 Å². The van der Waals surface area contributed by atoms with Gasteiger partial charge in [-0.15, -0.1) is 0 Å². The number of halogens is 1. The Kier molecular flexibility index (Phi) is 5.79. The molecule has 0 bridgehead atoms. The van der Waals surface area contributed by atoms with Crippen molar-refractivity contribution in [1.82, 2.24) is 25.2 Å². The number of aliphatic imine (C=N–C) groups is 1. The Morgan fingerprint density at radius 3 is 2.83 bits per heavy atom. The number of hydrogen-bond donors (Lipinski definition) is 3. The van der Waals surface area contributed by atoms with Gasteiger partial charge >= 0.3 is 0 Å². The van der Waals surface area contributed by atoms with E-state index in [9.17, 15) is 4.39 Å². The van der Waals surface area contributed by atoms with E-state index in [2.05, 4.69) is 43.9 Å². The highest BCUT2D eigenvalue weighted by Crippen LogP contribution is 2.18. The van der Waals surface area contributed by atoms with Crippen LogP contribution < -0.4 is 10.6 Å². The van der Waals surface area contributed by atoms with E-state index in [-0.39, 0.29) is 5.82 Å². The van der Waals surface area contributed by atoms with E-state index in [1.807, 2.05) is 25.1 Å². The van der Waals surface area contributed by atoms with Crippen LogP contribution in [0, 0.1) is 12.7 Å². The fourth-order valence-electron chi connectivity index (χ4n) is 3.55. The molecule has 4 rings (SSSR count). The lowest BCUT2D eigenvalue weighted by atomic mass is 10.1. The predicted octanol–water partition coefficient (Wildman–Crippen LogP) is 3.71. The standard InChI is InChI=1S/C23H25FN6/c1-16-26-11-12-30(16)22-8-7-17(13-20(22)24)14-29-23(25-2)27-10-9-18-15-28-21-6-4-3-5-19(18)21/h3-8,11-13,15,28H,9-10,14H2,1-2H3,(H2,25,27,29). The highest BCUT2D eigenvalue weighted by molar-refractivity contribution is 5.83. The Bertz CT molecular complexity index is 1170. The van der Waals surface area contributed by atoms with Crippen molar-refractivity contribution in [2.45, 2.75) is 19.9 Å². The summed E-state index contributed by atoms with van der Waals surface area (Å²) in [5.41, 5.74) is 3.75. The number of H-pyrrole nitrogens is 1. The number of nitrogens with zero attached hydrogens (tertiary/aromatic N) is 3. The summed E-state index contributed by atoms with van der Waals surface area (Å²) in [6.45, 7) is 3.07. The first-order valence-electron chi connectivity index (χ1n) is 9.94. The van der Waals surface area contributed by atoms with Gasteiger partial charge in [0, 0.05) is 49.6 Å². The molecule has 0 amide bonds. The number of benzene rings is 2. The first kappa shape index (κ1) is 19.7. The van der Waals surface area contributed by atoms with Gasteiger partial charge in [-0.3, -0.25) is 4.99 Å². The summed E-state index contributed by atoms with van der Waals surface area (Å²) in [5, 5.41) is 7.80. The van der Waals surface area contributed by atoms with Crippen LogP contribution in [0.15, 0.2) is 66.0 Å². The summed E-state index contributed by atoms with van der Waals surface area (Å²) >= 11 is 0. The van der Waals surface area contributed by atoms with E-state index >= 15 is 0 Å². The number of aromatic nitrogens is 3. The zero-order valence-electron chi connectivity index (χ0n) is 17.1. The Hall–Kier alpha value is -3.61. The third-order valence-electron chi connectivity index (χ3n) is 5.14. The molecule has 2 aromatic carbocycles. The smallest absolute Gasteiger partial charge is 0.191 e. The second kappa shape index (κ2) is 8.82. The number of hydrogen-bond acceptors (Lipinski definition) is 2. The van der Waals surface area contributed by atoms with Crippen LogP contribution in [0.5, 0.6) is 0 Å². The minimum atomic E-state index is -0.280. The maximum atomic E-state index is 14.6. The molecular weight excluding hydrogens is 379 g/mol. The van der Waals surface area contributed by atoms with Crippen LogP contribution in [-0.2, 0) is 13.0 Å². The maximum Gasteiger partial charge on any atom is 0.191 e. The second-order valence-electron chi connectivity index (χ2n) is 7.09. The molecule has 6 nitrogen and oxygen atoms in total. The molecule has 0 atom stereocenters. The van der Waals surface area contributed by atoms with Gasteiger partial charge in [-0.25, -0.2) is 9.37 Å². The number of aryl methyl sites for hydroxylation is 1. The minimum Gasteiger partial charge on any atom is -0.361 e. The normalized spacial score (nSPS) is 11.8. The Morgan fingerprint density at radius 1 is 1.20 bits per heavy atom. The molecule has 0 unspecified atom stereocenters. The molecular formula is C23H25FN6. The molecule has 7 heteroatoms. The topological polar surface area (TPSA) is 70.0 Å². The van der Waals surface area contributed by atoms with Gasteiger partial charge in [0.15, 0.2) is 5.96 Å². The number of fused-ring (bicyclic) bond motifs is 1. The van der Waals surface area contributed by atoms with Gasteiger partial charge < -0.3 is 20.2 Å². The fraction of sp³-hybridized carbons (Fsp3) is 0.217. The average molecular weight is 404 g/mol. The number of rotatable bonds is 6. The van der Waals surface area contributed by atoms with Crippen LogP contribution in [-0.4, -0.2) is 34.1 Å². The van der Waals surface area contributed by atoms with E-state index in [0.29, 0.717) is 18.2 Å². The van der Waals surface area contributed by atoms with Crippen molar-refractivity contribution in [3.8, 4) is 5.69 Å². The molecule has 154 valence electrons. The molecule has 0 radical (unpaired) electrons. The zero-order chi connectivity index (χ0) is 20.9. The Labute approximate surface area is 174 Å². The fourth-order valence-corrected chi connectivity index (χ4v) is 3.55. The number of imidazole rings is 1. The molecule has 4 aromatic rings. The molecule has 0 saturated heterocycles. The number of guanidine groups is 1. The molecule has 0 fully saturated rings. The van der Waals surface area contributed by atoms with Crippen LogP contribution in [0.25, 0.3) is 16.6 Å². The van der Waals surface area contributed by atoms with Gasteiger partial charge in [-0.1, -0.05) is 24.3 Å². The summed E-state index contributed by atoms with van der Waals surface area (Å²) in [4.78, 5) is 11.7. The third kappa shape index (κ3) is 4.20. The third-order valence-corrected chi connectivity index (χ3v) is 5.14. The van der Waals surface area contributed by atoms with Gasteiger partial charge in [0.25, 0.3) is 0 Å². The molecule has 0 aliphatic heterocycles. The monoisotopic (exact) mass is 404 g/mol. The molecule has 0 aliphatic rings. The lowest BCUT2D eigenvalue weighted by Crippen LogP contribution is -2.37. The second-order valence-corrected chi connectivity index (χ2v) is 7.09. The first-order chi connectivity index (χ1) is 14.7. The zero-order valence-corrected chi connectivity index (χ0v) is 17.1. The summed E-state index contributed by atoms with van der Waals surface area (Å²) in [6, 6.07) is 13.5. The summed E-state index contributed by atoms with van der Waals surface area (Å²) in [7, 11) is 1.73. The molecule has 2 heterocycles. The van der Waals surface area contributed by atoms with E-state index in [0.717, 1.165) is 29.9 Å². The highest BCUT2D eigenvalue weighted by Gasteiger charge is 2.09. The predicted molar refractivity (Wildman–Crippen MR) is 118 cm³/mol. The number of nitrogens with one attached hydrogen (secondary N) is 3. The van der Waals surface area contributed by atoms with E-state index in [1.54, 1.807) is 36.1 Å². The molecule has 30 heavy (non-hydrogen) atoms. The number of para-hydroxylation sites is 1. The van der Waals surface area contributed by atoms with Crippen molar-refractivity contribution in [3.05, 3.63) is 83.8 Å². The van der Waals surface area contributed by atoms with Crippen molar-refractivity contribution in [2.75, 3.05) is 13.6 Å². The van der Waals surface area contributed by atoms with Crippen molar-refractivity contribution < 1.29 is 4.39 Å². The van der Waals surface area contributed by atoms with E-state index in [1.165, 1.54) is 10.9 Å². The van der Waals surface area contributed by atoms with Gasteiger partial charge in [0.05, 0.1) is 5.69 Å². The SMILES string of the molecule is CN=C(NCCc1c[nH]c2ccccc12)NCc1ccc(-n2ccnc2C)c(F)c1. The summed E-state index contributed by atoms with van der Waals surface area (Å²) in [6.07, 6.45) is 6.34. The summed E-state index contributed by atoms with van der Waals surface area (Å²) in [5.74, 6) is 1.15. The van der Waals surface area contributed by atoms with E-state index in [4.69, 9.17) is 0 Å².